The Balaban J connectivity index is 1.85. The lowest BCUT2D eigenvalue weighted by molar-refractivity contribution is -0.125. The maximum absolute atomic E-state index is 11.9. The summed E-state index contributed by atoms with van der Waals surface area (Å²) in [5.74, 6) is -0.255. The fourth-order valence-electron chi connectivity index (χ4n) is 2.46. The molecule has 1 aromatic rings. The second kappa shape index (κ2) is 6.52. The summed E-state index contributed by atoms with van der Waals surface area (Å²) >= 11 is 0. The Morgan fingerprint density at radius 3 is 2.55 bits per heavy atom. The van der Waals surface area contributed by atoms with Crippen LogP contribution in [0.25, 0.3) is 0 Å². The van der Waals surface area contributed by atoms with Crippen molar-refractivity contribution in [3.8, 4) is 0 Å². The molecule has 3 N–H and O–H groups in total. The second-order valence-corrected chi connectivity index (χ2v) is 5.18. The molecule has 2 rings (SSSR count). The number of rotatable bonds is 4. The van der Waals surface area contributed by atoms with E-state index in [9.17, 15) is 9.59 Å². The molecule has 0 bridgehead atoms. The third-order valence-corrected chi connectivity index (χ3v) is 3.69. The number of hydrogen-bond donors (Lipinski definition) is 2. The minimum absolute atomic E-state index is 0.0411. The molecule has 1 aromatic carbocycles. The first-order chi connectivity index (χ1) is 9.60. The van der Waals surface area contributed by atoms with E-state index in [1.807, 2.05) is 12.1 Å². The molecule has 1 aliphatic rings. The monoisotopic (exact) mass is 276 g/mol. The lowest BCUT2D eigenvalue weighted by atomic mass is 10.1. The van der Waals surface area contributed by atoms with E-state index in [2.05, 4.69) is 10.1 Å². The molecule has 2 atom stereocenters. The summed E-state index contributed by atoms with van der Waals surface area (Å²) in [5, 5.41) is 2.91. The molecule has 2 unspecified atom stereocenters. The van der Waals surface area contributed by atoms with E-state index in [1.54, 1.807) is 12.1 Å². The smallest absolute Gasteiger partial charge is 0.337 e. The molecule has 0 aliphatic heterocycles. The van der Waals surface area contributed by atoms with E-state index >= 15 is 0 Å². The van der Waals surface area contributed by atoms with Crippen molar-refractivity contribution < 1.29 is 14.3 Å². The van der Waals surface area contributed by atoms with Crippen LogP contribution < -0.4 is 11.1 Å². The fraction of sp³-hybridized carbons (Fsp3) is 0.467. The van der Waals surface area contributed by atoms with Gasteiger partial charge in [0.1, 0.15) is 0 Å². The largest absolute Gasteiger partial charge is 0.465 e. The third kappa shape index (κ3) is 3.57. The molecule has 5 nitrogen and oxygen atoms in total. The third-order valence-electron chi connectivity index (χ3n) is 3.69. The average molecular weight is 276 g/mol. The molecule has 0 aromatic heterocycles. The van der Waals surface area contributed by atoms with Gasteiger partial charge in [0.15, 0.2) is 0 Å². The Kier molecular flexibility index (Phi) is 4.74. The lowest BCUT2D eigenvalue weighted by Gasteiger charge is -2.11. The van der Waals surface area contributed by atoms with Crippen LogP contribution in [0.3, 0.4) is 0 Å². The van der Waals surface area contributed by atoms with Gasteiger partial charge in [-0.1, -0.05) is 12.1 Å². The Morgan fingerprint density at radius 1 is 1.30 bits per heavy atom. The first kappa shape index (κ1) is 14.5. The van der Waals surface area contributed by atoms with Crippen molar-refractivity contribution >= 4 is 11.9 Å². The standard InChI is InChI=1S/C15H20N2O3/c1-20-15(19)11-4-2-10(3-5-11)9-17-14(18)12-6-7-13(16)8-12/h2-5,12-13H,6-9,16H2,1H3,(H,17,18). The van der Waals surface area contributed by atoms with Gasteiger partial charge in [0.2, 0.25) is 5.91 Å². The van der Waals surface area contributed by atoms with Crippen molar-refractivity contribution in [1.82, 2.24) is 5.32 Å². The van der Waals surface area contributed by atoms with E-state index in [0.29, 0.717) is 12.1 Å². The lowest BCUT2D eigenvalue weighted by Crippen LogP contribution is -2.30. The van der Waals surface area contributed by atoms with Crippen molar-refractivity contribution in [2.75, 3.05) is 7.11 Å². The van der Waals surface area contributed by atoms with Gasteiger partial charge in [0, 0.05) is 18.5 Å². The molecule has 0 radical (unpaired) electrons. The highest BCUT2D eigenvalue weighted by molar-refractivity contribution is 5.89. The van der Waals surface area contributed by atoms with Crippen LogP contribution in [0.2, 0.25) is 0 Å². The van der Waals surface area contributed by atoms with Gasteiger partial charge in [-0.15, -0.1) is 0 Å². The number of amides is 1. The second-order valence-electron chi connectivity index (χ2n) is 5.18. The zero-order valence-electron chi connectivity index (χ0n) is 11.6. The number of ether oxygens (including phenoxy) is 1. The molecule has 108 valence electrons. The molecule has 0 saturated heterocycles. The van der Waals surface area contributed by atoms with Crippen molar-refractivity contribution in [2.45, 2.75) is 31.8 Å². The summed E-state index contributed by atoms with van der Waals surface area (Å²) in [5.41, 5.74) is 7.26. The van der Waals surface area contributed by atoms with Crippen LogP contribution in [0, 0.1) is 5.92 Å². The number of nitrogens with two attached hydrogens (primary N) is 1. The highest BCUT2D eigenvalue weighted by atomic mass is 16.5. The summed E-state index contributed by atoms with van der Waals surface area (Å²) in [6.07, 6.45) is 2.56. The average Bonchev–Trinajstić information content (AvgIpc) is 2.91. The number of carbonyl (C=O) groups is 2. The summed E-state index contributed by atoms with van der Waals surface area (Å²) in [4.78, 5) is 23.2. The molecule has 1 fully saturated rings. The molecule has 1 aliphatic carbocycles. The van der Waals surface area contributed by atoms with Gasteiger partial charge in [-0.3, -0.25) is 4.79 Å². The maximum atomic E-state index is 11.9. The van der Waals surface area contributed by atoms with Crippen LogP contribution in [-0.2, 0) is 16.1 Å². The number of carbonyl (C=O) groups excluding carboxylic acids is 2. The fourth-order valence-corrected chi connectivity index (χ4v) is 2.46. The first-order valence-corrected chi connectivity index (χ1v) is 6.80. The Bertz CT molecular complexity index is 484. The summed E-state index contributed by atoms with van der Waals surface area (Å²) in [6.45, 7) is 0.464. The van der Waals surface area contributed by atoms with E-state index in [-0.39, 0.29) is 23.8 Å². The normalized spacial score (nSPS) is 21.5. The zero-order chi connectivity index (χ0) is 14.5. The Labute approximate surface area is 118 Å². The van der Waals surface area contributed by atoms with Gasteiger partial charge in [-0.25, -0.2) is 4.79 Å². The SMILES string of the molecule is COC(=O)c1ccc(CNC(=O)C2CCC(N)C2)cc1. The molecule has 1 saturated carbocycles. The number of esters is 1. The molecular formula is C15H20N2O3. The van der Waals surface area contributed by atoms with E-state index in [0.717, 1.165) is 24.8 Å². The summed E-state index contributed by atoms with van der Waals surface area (Å²) < 4.78 is 4.63. The van der Waals surface area contributed by atoms with Gasteiger partial charge < -0.3 is 15.8 Å². The molecule has 0 heterocycles. The Morgan fingerprint density at radius 2 is 2.00 bits per heavy atom. The summed E-state index contributed by atoms with van der Waals surface area (Å²) in [6, 6.07) is 7.17. The minimum atomic E-state index is -0.361. The molecule has 0 spiro atoms. The highest BCUT2D eigenvalue weighted by Crippen LogP contribution is 2.24. The number of nitrogens with one attached hydrogen (secondary N) is 1. The molecule has 1 amide bonds. The van der Waals surface area contributed by atoms with Gasteiger partial charge in [0.25, 0.3) is 0 Å². The van der Waals surface area contributed by atoms with Gasteiger partial charge in [-0.05, 0) is 37.0 Å². The first-order valence-electron chi connectivity index (χ1n) is 6.80. The van der Waals surface area contributed by atoms with E-state index in [1.165, 1.54) is 7.11 Å². The van der Waals surface area contributed by atoms with Crippen molar-refractivity contribution in [1.29, 1.82) is 0 Å². The predicted molar refractivity (Wildman–Crippen MR) is 74.9 cm³/mol. The maximum Gasteiger partial charge on any atom is 0.337 e. The number of methoxy groups -OCH3 is 1. The Hall–Kier alpha value is -1.88. The van der Waals surface area contributed by atoms with Gasteiger partial charge >= 0.3 is 5.97 Å². The number of benzene rings is 1. The van der Waals surface area contributed by atoms with E-state index in [4.69, 9.17) is 5.73 Å². The van der Waals surface area contributed by atoms with Crippen molar-refractivity contribution in [2.24, 2.45) is 11.7 Å². The van der Waals surface area contributed by atoms with Crippen LogP contribution in [0.15, 0.2) is 24.3 Å². The number of hydrogen-bond acceptors (Lipinski definition) is 4. The van der Waals surface area contributed by atoms with Crippen LogP contribution in [0.4, 0.5) is 0 Å². The minimum Gasteiger partial charge on any atom is -0.465 e. The molecular weight excluding hydrogens is 256 g/mol. The van der Waals surface area contributed by atoms with Crippen LogP contribution >= 0.6 is 0 Å². The topological polar surface area (TPSA) is 81.4 Å². The quantitative estimate of drug-likeness (QED) is 0.810. The zero-order valence-corrected chi connectivity index (χ0v) is 11.6. The summed E-state index contributed by atoms with van der Waals surface area (Å²) in [7, 11) is 1.35. The highest BCUT2D eigenvalue weighted by Gasteiger charge is 2.27. The van der Waals surface area contributed by atoms with Crippen LogP contribution in [0.5, 0.6) is 0 Å². The van der Waals surface area contributed by atoms with E-state index < -0.39 is 0 Å². The molecule has 20 heavy (non-hydrogen) atoms. The predicted octanol–water partition coefficient (Wildman–Crippen LogP) is 1.22. The van der Waals surface area contributed by atoms with Crippen molar-refractivity contribution in [3.05, 3.63) is 35.4 Å². The van der Waals surface area contributed by atoms with Crippen molar-refractivity contribution in [3.63, 3.8) is 0 Å². The van der Waals surface area contributed by atoms with Gasteiger partial charge in [0.05, 0.1) is 12.7 Å². The molecule has 5 heteroatoms. The van der Waals surface area contributed by atoms with Crippen LogP contribution in [0.1, 0.15) is 35.2 Å². The van der Waals surface area contributed by atoms with Gasteiger partial charge in [-0.2, -0.15) is 0 Å². The van der Waals surface area contributed by atoms with Crippen LogP contribution in [-0.4, -0.2) is 25.0 Å².